The Labute approximate surface area is 243 Å². The second-order valence-electron chi connectivity index (χ2n) is 10.2. The standard InChI is InChI=1S/C30H36FN5O6/c1-39-27-17-22-24(18-28(27)41-19-20-4-7-32-8-5-20)33-9-6-25(22)42-26-3-2-21(16-23(26)31)35-30(38)29(37)34-10-11-36-12-14-40-15-13-36/h2-3,6,9,16-18,20,32H,4-5,7-8,10-15,19H2,1H3,(H,34,37)(H,35,38). The van der Waals surface area contributed by atoms with Crippen molar-refractivity contribution >= 4 is 28.4 Å². The van der Waals surface area contributed by atoms with Crippen molar-refractivity contribution in [3.05, 3.63) is 48.4 Å². The molecule has 2 aliphatic rings. The normalized spacial score (nSPS) is 16.1. The van der Waals surface area contributed by atoms with Gasteiger partial charge in [-0.15, -0.1) is 0 Å². The van der Waals surface area contributed by atoms with E-state index in [4.69, 9.17) is 18.9 Å². The first kappa shape index (κ1) is 29.5. The lowest BCUT2D eigenvalue weighted by Gasteiger charge is -2.26. The number of amides is 2. The molecule has 1 aromatic heterocycles. The van der Waals surface area contributed by atoms with Gasteiger partial charge in [-0.2, -0.15) is 0 Å². The molecule has 12 heteroatoms. The molecule has 2 amide bonds. The first-order valence-corrected chi connectivity index (χ1v) is 14.2. The minimum Gasteiger partial charge on any atom is -0.493 e. The van der Waals surface area contributed by atoms with Crippen LogP contribution in [0.4, 0.5) is 10.1 Å². The van der Waals surface area contributed by atoms with Crippen molar-refractivity contribution in [3.63, 3.8) is 0 Å². The Morgan fingerprint density at radius 1 is 1.05 bits per heavy atom. The lowest BCUT2D eigenvalue weighted by Crippen LogP contribution is -2.43. The number of morpholine rings is 1. The van der Waals surface area contributed by atoms with Gasteiger partial charge in [-0.1, -0.05) is 0 Å². The van der Waals surface area contributed by atoms with Crippen LogP contribution < -0.4 is 30.2 Å². The van der Waals surface area contributed by atoms with Gasteiger partial charge in [0.2, 0.25) is 0 Å². The summed E-state index contributed by atoms with van der Waals surface area (Å²) in [6, 6.07) is 9.15. The average Bonchev–Trinajstić information content (AvgIpc) is 3.02. The zero-order valence-electron chi connectivity index (χ0n) is 23.6. The van der Waals surface area contributed by atoms with Gasteiger partial charge < -0.3 is 34.9 Å². The number of piperidine rings is 1. The first-order chi connectivity index (χ1) is 20.5. The van der Waals surface area contributed by atoms with Crippen LogP contribution in [0.1, 0.15) is 12.8 Å². The molecule has 2 saturated heterocycles. The molecule has 0 unspecified atom stereocenters. The van der Waals surface area contributed by atoms with Gasteiger partial charge in [-0.05, 0) is 56.1 Å². The van der Waals surface area contributed by atoms with E-state index in [0.717, 1.165) is 45.1 Å². The molecule has 0 bridgehead atoms. The van der Waals surface area contributed by atoms with Crippen molar-refractivity contribution in [2.24, 2.45) is 5.92 Å². The van der Waals surface area contributed by atoms with Crippen LogP contribution in [-0.4, -0.2) is 87.9 Å². The number of hydrogen-bond acceptors (Lipinski definition) is 9. The Bertz CT molecular complexity index is 1390. The van der Waals surface area contributed by atoms with E-state index in [-0.39, 0.29) is 11.4 Å². The van der Waals surface area contributed by atoms with Gasteiger partial charge in [-0.25, -0.2) is 4.39 Å². The minimum atomic E-state index is -0.879. The van der Waals surface area contributed by atoms with E-state index in [1.165, 1.54) is 12.1 Å². The van der Waals surface area contributed by atoms with Crippen molar-refractivity contribution in [1.82, 2.24) is 20.5 Å². The molecule has 2 fully saturated rings. The number of ether oxygens (including phenoxy) is 4. The molecule has 0 atom stereocenters. The number of nitrogens with zero attached hydrogens (tertiary/aromatic N) is 2. The second-order valence-corrected chi connectivity index (χ2v) is 10.2. The van der Waals surface area contributed by atoms with Gasteiger partial charge in [0.1, 0.15) is 5.75 Å². The number of aromatic nitrogens is 1. The van der Waals surface area contributed by atoms with Crippen molar-refractivity contribution in [3.8, 4) is 23.0 Å². The summed E-state index contributed by atoms with van der Waals surface area (Å²) >= 11 is 0. The van der Waals surface area contributed by atoms with Crippen LogP contribution in [-0.2, 0) is 14.3 Å². The third kappa shape index (κ3) is 7.64. The molecule has 0 aliphatic carbocycles. The Balaban J connectivity index is 1.21. The van der Waals surface area contributed by atoms with Crippen LogP contribution in [0, 0.1) is 11.7 Å². The minimum absolute atomic E-state index is 0.0549. The smallest absolute Gasteiger partial charge is 0.313 e. The summed E-state index contributed by atoms with van der Waals surface area (Å²) < 4.78 is 37.9. The largest absolute Gasteiger partial charge is 0.493 e. The van der Waals surface area contributed by atoms with Crippen LogP contribution in [0.15, 0.2) is 42.6 Å². The van der Waals surface area contributed by atoms with E-state index in [9.17, 15) is 9.59 Å². The fourth-order valence-corrected chi connectivity index (χ4v) is 4.95. The number of pyridine rings is 1. The third-order valence-electron chi connectivity index (χ3n) is 7.35. The summed E-state index contributed by atoms with van der Waals surface area (Å²) in [4.78, 5) is 31.1. The molecule has 2 aliphatic heterocycles. The summed E-state index contributed by atoms with van der Waals surface area (Å²) in [5, 5.41) is 8.98. The van der Waals surface area contributed by atoms with Crippen molar-refractivity contribution < 1.29 is 32.9 Å². The van der Waals surface area contributed by atoms with E-state index in [1.807, 2.05) is 0 Å². The first-order valence-electron chi connectivity index (χ1n) is 14.2. The van der Waals surface area contributed by atoms with E-state index in [2.05, 4.69) is 25.8 Å². The van der Waals surface area contributed by atoms with Crippen LogP contribution in [0.2, 0.25) is 0 Å². The molecule has 5 rings (SSSR count). The quantitative estimate of drug-likeness (QED) is 0.310. The molecule has 3 heterocycles. The zero-order valence-corrected chi connectivity index (χ0v) is 23.6. The van der Waals surface area contributed by atoms with Gasteiger partial charge in [0, 0.05) is 55.6 Å². The Kier molecular flexibility index (Phi) is 10.0. The number of carbonyl (C=O) groups excluding carboxylic acids is 2. The lowest BCUT2D eigenvalue weighted by molar-refractivity contribution is -0.136. The second kappa shape index (κ2) is 14.3. The van der Waals surface area contributed by atoms with Crippen molar-refractivity contribution in [2.75, 3.05) is 71.5 Å². The molecule has 224 valence electrons. The number of rotatable bonds is 10. The highest BCUT2D eigenvalue weighted by Crippen LogP contribution is 2.38. The van der Waals surface area contributed by atoms with Crippen LogP contribution in [0.3, 0.4) is 0 Å². The summed E-state index contributed by atoms with van der Waals surface area (Å²) in [7, 11) is 1.56. The third-order valence-corrected chi connectivity index (χ3v) is 7.35. The predicted octanol–water partition coefficient (Wildman–Crippen LogP) is 2.94. The maximum atomic E-state index is 15.0. The number of benzene rings is 2. The molecule has 2 aromatic carbocycles. The number of nitrogens with one attached hydrogen (secondary N) is 3. The molecule has 0 saturated carbocycles. The van der Waals surface area contributed by atoms with Gasteiger partial charge in [0.15, 0.2) is 23.1 Å². The topological polar surface area (TPSA) is 123 Å². The summed E-state index contributed by atoms with van der Waals surface area (Å²) in [5.41, 5.74) is 0.738. The Morgan fingerprint density at radius 3 is 2.62 bits per heavy atom. The number of fused-ring (bicyclic) bond motifs is 1. The summed E-state index contributed by atoms with van der Waals surface area (Å²) in [5.74, 6) is -0.477. The molecule has 42 heavy (non-hydrogen) atoms. The monoisotopic (exact) mass is 581 g/mol. The molecular weight excluding hydrogens is 545 g/mol. The average molecular weight is 582 g/mol. The van der Waals surface area contributed by atoms with E-state index >= 15 is 4.39 Å². The highest BCUT2D eigenvalue weighted by atomic mass is 19.1. The predicted molar refractivity (Wildman–Crippen MR) is 155 cm³/mol. The SMILES string of the molecule is COc1cc2c(Oc3ccc(NC(=O)C(=O)NCCN4CCOCC4)cc3F)ccnc2cc1OCC1CCNCC1. The number of hydrogen-bond donors (Lipinski definition) is 3. The molecule has 3 aromatic rings. The Hall–Kier alpha value is -4.00. The molecule has 3 N–H and O–H groups in total. The van der Waals surface area contributed by atoms with Gasteiger partial charge in [0.25, 0.3) is 0 Å². The lowest BCUT2D eigenvalue weighted by atomic mass is 9.99. The number of methoxy groups -OCH3 is 1. The molecule has 11 nitrogen and oxygen atoms in total. The van der Waals surface area contributed by atoms with Crippen LogP contribution in [0.25, 0.3) is 10.9 Å². The highest BCUT2D eigenvalue weighted by molar-refractivity contribution is 6.39. The molecule has 0 spiro atoms. The maximum Gasteiger partial charge on any atom is 0.313 e. The molecular formula is C30H36FN5O6. The zero-order chi connectivity index (χ0) is 29.3. The number of carbonyl (C=O) groups is 2. The van der Waals surface area contributed by atoms with Gasteiger partial charge in [0.05, 0.1) is 32.4 Å². The van der Waals surface area contributed by atoms with E-state index in [0.29, 0.717) is 67.0 Å². The van der Waals surface area contributed by atoms with Gasteiger partial charge >= 0.3 is 11.8 Å². The number of anilines is 1. The van der Waals surface area contributed by atoms with Crippen LogP contribution in [0.5, 0.6) is 23.0 Å². The summed E-state index contributed by atoms with van der Waals surface area (Å²) in [6.07, 6.45) is 3.69. The van der Waals surface area contributed by atoms with E-state index < -0.39 is 17.6 Å². The highest BCUT2D eigenvalue weighted by Gasteiger charge is 2.19. The summed E-state index contributed by atoms with van der Waals surface area (Å²) in [6.45, 7) is 6.37. The maximum absolute atomic E-state index is 15.0. The Morgan fingerprint density at radius 2 is 1.86 bits per heavy atom. The fraction of sp³-hybridized carbons (Fsp3) is 0.433. The van der Waals surface area contributed by atoms with Crippen molar-refractivity contribution in [2.45, 2.75) is 12.8 Å². The van der Waals surface area contributed by atoms with Crippen molar-refractivity contribution in [1.29, 1.82) is 0 Å². The van der Waals surface area contributed by atoms with Crippen LogP contribution >= 0.6 is 0 Å². The van der Waals surface area contributed by atoms with Gasteiger partial charge in [-0.3, -0.25) is 19.5 Å². The number of halogens is 1. The van der Waals surface area contributed by atoms with E-state index in [1.54, 1.807) is 31.5 Å². The molecule has 0 radical (unpaired) electrons. The fourth-order valence-electron chi connectivity index (χ4n) is 4.95.